The lowest BCUT2D eigenvalue weighted by molar-refractivity contribution is 0.231. The van der Waals surface area contributed by atoms with Gasteiger partial charge in [0.15, 0.2) is 0 Å². The van der Waals surface area contributed by atoms with Gasteiger partial charge in [-0.2, -0.15) is 0 Å². The van der Waals surface area contributed by atoms with Crippen LogP contribution in [0.25, 0.3) is 0 Å². The van der Waals surface area contributed by atoms with Crippen LogP contribution >= 0.6 is 0 Å². The molecule has 2 atom stereocenters. The Bertz CT molecular complexity index is 226. The van der Waals surface area contributed by atoms with Gasteiger partial charge in [-0.25, -0.2) is 8.42 Å². The summed E-state index contributed by atoms with van der Waals surface area (Å²) in [7, 11) is -2.90. The molecular formula is C8H19NO3S. The van der Waals surface area contributed by atoms with Crippen LogP contribution in [-0.4, -0.2) is 44.7 Å². The molecule has 0 aliphatic heterocycles. The van der Waals surface area contributed by atoms with E-state index in [1.54, 1.807) is 0 Å². The standard InChI is InChI=1S/C8H19NO3S/c1-7(5-10)4-9-8(2)6-13(3,11)12/h7-10H,4-6H2,1-3H3. The first-order chi connectivity index (χ1) is 5.85. The largest absolute Gasteiger partial charge is 0.396 e. The SMILES string of the molecule is CC(CO)CNC(C)CS(C)(=O)=O. The van der Waals surface area contributed by atoms with E-state index in [2.05, 4.69) is 5.32 Å². The van der Waals surface area contributed by atoms with E-state index >= 15 is 0 Å². The molecule has 0 rings (SSSR count). The summed E-state index contributed by atoms with van der Waals surface area (Å²) in [6.45, 7) is 4.50. The highest BCUT2D eigenvalue weighted by atomic mass is 32.2. The van der Waals surface area contributed by atoms with Crippen molar-refractivity contribution >= 4 is 9.84 Å². The van der Waals surface area contributed by atoms with Gasteiger partial charge in [-0.15, -0.1) is 0 Å². The minimum atomic E-state index is -2.90. The predicted octanol–water partition coefficient (Wildman–Crippen LogP) is -0.362. The molecule has 0 aromatic carbocycles. The van der Waals surface area contributed by atoms with Crippen LogP contribution in [0.5, 0.6) is 0 Å². The lowest BCUT2D eigenvalue weighted by atomic mass is 10.2. The molecule has 0 aromatic rings. The van der Waals surface area contributed by atoms with Gasteiger partial charge in [-0.1, -0.05) is 6.92 Å². The lowest BCUT2D eigenvalue weighted by Crippen LogP contribution is -2.36. The number of rotatable bonds is 6. The van der Waals surface area contributed by atoms with Gasteiger partial charge >= 0.3 is 0 Å². The Hall–Kier alpha value is -0.130. The van der Waals surface area contributed by atoms with E-state index in [9.17, 15) is 8.42 Å². The number of hydrogen-bond donors (Lipinski definition) is 2. The quantitative estimate of drug-likeness (QED) is 0.627. The summed E-state index contributed by atoms with van der Waals surface area (Å²) in [6, 6.07) is -0.0519. The van der Waals surface area contributed by atoms with E-state index in [-0.39, 0.29) is 24.3 Å². The van der Waals surface area contributed by atoms with Gasteiger partial charge in [-0.05, 0) is 12.8 Å². The number of sulfone groups is 1. The van der Waals surface area contributed by atoms with Crippen LogP contribution in [0.4, 0.5) is 0 Å². The molecular weight excluding hydrogens is 190 g/mol. The van der Waals surface area contributed by atoms with Crippen LogP contribution in [-0.2, 0) is 9.84 Å². The summed E-state index contributed by atoms with van der Waals surface area (Å²) in [5.74, 6) is 0.313. The van der Waals surface area contributed by atoms with Crippen LogP contribution in [0, 0.1) is 5.92 Å². The van der Waals surface area contributed by atoms with Gasteiger partial charge in [0.25, 0.3) is 0 Å². The molecule has 0 aromatic heterocycles. The minimum absolute atomic E-state index is 0.0519. The van der Waals surface area contributed by atoms with Gasteiger partial charge < -0.3 is 10.4 Å². The van der Waals surface area contributed by atoms with Crippen LogP contribution in [0.2, 0.25) is 0 Å². The van der Waals surface area contributed by atoms with Crippen molar-refractivity contribution in [2.24, 2.45) is 5.92 Å². The zero-order chi connectivity index (χ0) is 10.5. The molecule has 5 heteroatoms. The molecule has 0 saturated carbocycles. The second-order valence-electron chi connectivity index (χ2n) is 3.69. The Kier molecular flexibility index (Phi) is 5.51. The summed E-state index contributed by atoms with van der Waals surface area (Å²) in [6.07, 6.45) is 1.22. The summed E-state index contributed by atoms with van der Waals surface area (Å²) in [5.41, 5.74) is 0. The molecule has 0 saturated heterocycles. The maximum atomic E-state index is 10.9. The Balaban J connectivity index is 3.70. The molecule has 2 unspecified atom stereocenters. The van der Waals surface area contributed by atoms with Crippen LogP contribution in [0.15, 0.2) is 0 Å². The van der Waals surface area contributed by atoms with Crippen LogP contribution in [0.3, 0.4) is 0 Å². The average molecular weight is 209 g/mol. The summed E-state index contributed by atoms with van der Waals surface area (Å²) >= 11 is 0. The van der Waals surface area contributed by atoms with Crippen molar-refractivity contribution in [3.8, 4) is 0 Å². The van der Waals surface area contributed by atoms with Crippen molar-refractivity contribution in [1.29, 1.82) is 0 Å². The van der Waals surface area contributed by atoms with Crippen molar-refractivity contribution in [2.75, 3.05) is 25.2 Å². The predicted molar refractivity (Wildman–Crippen MR) is 53.4 cm³/mol. The molecule has 13 heavy (non-hydrogen) atoms. The molecule has 0 aliphatic carbocycles. The van der Waals surface area contributed by atoms with Crippen molar-refractivity contribution < 1.29 is 13.5 Å². The molecule has 0 amide bonds. The second-order valence-corrected chi connectivity index (χ2v) is 5.87. The van der Waals surface area contributed by atoms with Crippen molar-refractivity contribution in [2.45, 2.75) is 19.9 Å². The van der Waals surface area contributed by atoms with Gasteiger partial charge in [0, 0.05) is 25.4 Å². The average Bonchev–Trinajstić information content (AvgIpc) is 1.97. The Labute approximate surface area is 80.3 Å². The maximum Gasteiger partial charge on any atom is 0.148 e. The van der Waals surface area contributed by atoms with E-state index in [1.165, 1.54) is 6.26 Å². The zero-order valence-corrected chi connectivity index (χ0v) is 9.26. The zero-order valence-electron chi connectivity index (χ0n) is 8.45. The molecule has 80 valence electrons. The lowest BCUT2D eigenvalue weighted by Gasteiger charge is -2.15. The Morgan fingerprint density at radius 1 is 1.38 bits per heavy atom. The summed E-state index contributed by atoms with van der Waals surface area (Å²) < 4.78 is 21.7. The van der Waals surface area contributed by atoms with E-state index < -0.39 is 9.84 Å². The summed E-state index contributed by atoms with van der Waals surface area (Å²) in [4.78, 5) is 0. The third kappa shape index (κ3) is 8.21. The molecule has 0 radical (unpaired) electrons. The van der Waals surface area contributed by atoms with Gasteiger partial charge in [0.05, 0.1) is 5.75 Å². The highest BCUT2D eigenvalue weighted by molar-refractivity contribution is 7.90. The fourth-order valence-corrected chi connectivity index (χ4v) is 2.01. The monoisotopic (exact) mass is 209 g/mol. The van der Waals surface area contributed by atoms with Crippen LogP contribution in [0.1, 0.15) is 13.8 Å². The first-order valence-electron chi connectivity index (χ1n) is 4.37. The third-order valence-corrected chi connectivity index (χ3v) is 2.78. The number of aliphatic hydroxyl groups excluding tert-OH is 1. The first kappa shape index (κ1) is 12.9. The Morgan fingerprint density at radius 3 is 2.31 bits per heavy atom. The normalized spacial score (nSPS) is 16.9. The third-order valence-electron chi connectivity index (χ3n) is 1.68. The molecule has 0 heterocycles. The second kappa shape index (κ2) is 5.57. The molecule has 0 fully saturated rings. The fourth-order valence-electron chi connectivity index (χ4n) is 0.980. The number of hydrogen-bond acceptors (Lipinski definition) is 4. The number of aliphatic hydroxyl groups is 1. The fraction of sp³-hybridized carbons (Fsp3) is 1.00. The van der Waals surface area contributed by atoms with E-state index in [4.69, 9.17) is 5.11 Å². The Morgan fingerprint density at radius 2 is 1.92 bits per heavy atom. The molecule has 4 nitrogen and oxygen atoms in total. The molecule has 0 bridgehead atoms. The maximum absolute atomic E-state index is 10.9. The number of nitrogens with one attached hydrogen (secondary N) is 1. The van der Waals surface area contributed by atoms with Gasteiger partial charge in [0.2, 0.25) is 0 Å². The summed E-state index contributed by atoms with van der Waals surface area (Å²) in [5, 5.41) is 11.8. The van der Waals surface area contributed by atoms with Gasteiger partial charge in [0.1, 0.15) is 9.84 Å². The topological polar surface area (TPSA) is 66.4 Å². The van der Waals surface area contributed by atoms with E-state index in [1.807, 2.05) is 13.8 Å². The highest BCUT2D eigenvalue weighted by Crippen LogP contribution is 1.93. The molecule has 2 N–H and O–H groups in total. The smallest absolute Gasteiger partial charge is 0.148 e. The van der Waals surface area contributed by atoms with Crippen molar-refractivity contribution in [3.05, 3.63) is 0 Å². The van der Waals surface area contributed by atoms with E-state index in [0.29, 0.717) is 6.54 Å². The van der Waals surface area contributed by atoms with Gasteiger partial charge in [-0.3, -0.25) is 0 Å². The molecule has 0 spiro atoms. The van der Waals surface area contributed by atoms with Crippen LogP contribution < -0.4 is 5.32 Å². The van der Waals surface area contributed by atoms with Crippen molar-refractivity contribution in [3.63, 3.8) is 0 Å². The first-order valence-corrected chi connectivity index (χ1v) is 6.43. The molecule has 0 aliphatic rings. The van der Waals surface area contributed by atoms with Crippen molar-refractivity contribution in [1.82, 2.24) is 5.32 Å². The van der Waals surface area contributed by atoms with E-state index in [0.717, 1.165) is 0 Å². The highest BCUT2D eigenvalue weighted by Gasteiger charge is 2.10. The minimum Gasteiger partial charge on any atom is -0.396 e.